The van der Waals surface area contributed by atoms with Gasteiger partial charge in [-0.3, -0.25) is 4.79 Å². The lowest BCUT2D eigenvalue weighted by atomic mass is 10.1. The smallest absolute Gasteiger partial charge is 0.243 e. The van der Waals surface area contributed by atoms with Gasteiger partial charge in [0, 0.05) is 12.1 Å². The first-order chi connectivity index (χ1) is 11.1. The maximum Gasteiger partial charge on any atom is 0.243 e. The van der Waals surface area contributed by atoms with E-state index in [0.717, 1.165) is 0 Å². The molecule has 1 aliphatic heterocycles. The monoisotopic (exact) mass is 354 g/mol. The van der Waals surface area contributed by atoms with Crippen LogP contribution in [0.25, 0.3) is 0 Å². The van der Waals surface area contributed by atoms with E-state index in [1.807, 2.05) is 27.7 Å². The van der Waals surface area contributed by atoms with E-state index < -0.39 is 21.6 Å². The van der Waals surface area contributed by atoms with E-state index in [4.69, 9.17) is 4.74 Å². The molecule has 7 heteroatoms. The summed E-state index contributed by atoms with van der Waals surface area (Å²) in [5.41, 5.74) is -0.395. The molecule has 134 valence electrons. The standard InChI is InChI=1S/C17H26N2O4S/c1-5-23-13-8-10-14(11-9-13)24(21,22)19-12-6-7-15(19)16(20)18-17(2,3)4/h8-11,15H,5-7,12H2,1-4H3,(H,18,20). The van der Waals surface area contributed by atoms with Crippen molar-refractivity contribution in [1.82, 2.24) is 9.62 Å². The van der Waals surface area contributed by atoms with Crippen LogP contribution in [0.2, 0.25) is 0 Å². The molecule has 1 saturated heterocycles. The number of hydrogen-bond acceptors (Lipinski definition) is 4. The van der Waals surface area contributed by atoms with Crippen LogP contribution in [0.15, 0.2) is 29.2 Å². The van der Waals surface area contributed by atoms with E-state index in [0.29, 0.717) is 31.7 Å². The van der Waals surface area contributed by atoms with Gasteiger partial charge in [-0.2, -0.15) is 4.31 Å². The number of carbonyl (C=O) groups excluding carboxylic acids is 1. The minimum Gasteiger partial charge on any atom is -0.494 e. The Labute approximate surface area is 144 Å². The molecule has 1 aromatic rings. The number of amides is 1. The summed E-state index contributed by atoms with van der Waals surface area (Å²) in [6.07, 6.45) is 1.22. The summed E-state index contributed by atoms with van der Waals surface area (Å²) in [7, 11) is -3.70. The van der Waals surface area contributed by atoms with Crippen molar-refractivity contribution in [1.29, 1.82) is 0 Å². The number of benzene rings is 1. The van der Waals surface area contributed by atoms with Crippen molar-refractivity contribution in [2.75, 3.05) is 13.2 Å². The summed E-state index contributed by atoms with van der Waals surface area (Å²) in [6, 6.07) is 5.67. The van der Waals surface area contributed by atoms with E-state index in [1.165, 1.54) is 16.4 Å². The molecular weight excluding hydrogens is 328 g/mol. The van der Waals surface area contributed by atoms with Crippen LogP contribution in [0.5, 0.6) is 5.75 Å². The average molecular weight is 354 g/mol. The predicted octanol–water partition coefficient (Wildman–Crippen LogP) is 2.15. The summed E-state index contributed by atoms with van der Waals surface area (Å²) >= 11 is 0. The van der Waals surface area contributed by atoms with E-state index in [1.54, 1.807) is 12.1 Å². The summed E-state index contributed by atoms with van der Waals surface area (Å²) < 4.78 is 32.4. The minimum absolute atomic E-state index is 0.182. The number of nitrogens with zero attached hydrogens (tertiary/aromatic N) is 1. The van der Waals surface area contributed by atoms with Gasteiger partial charge in [0.2, 0.25) is 15.9 Å². The van der Waals surface area contributed by atoms with Gasteiger partial charge in [-0.1, -0.05) is 0 Å². The first kappa shape index (κ1) is 18.7. The average Bonchev–Trinajstić information content (AvgIpc) is 2.97. The van der Waals surface area contributed by atoms with Crippen molar-refractivity contribution in [3.05, 3.63) is 24.3 Å². The quantitative estimate of drug-likeness (QED) is 0.879. The summed E-state index contributed by atoms with van der Waals surface area (Å²) in [5, 5.41) is 2.88. The maximum absolute atomic E-state index is 12.9. The molecule has 0 spiro atoms. The second kappa shape index (κ2) is 7.11. The van der Waals surface area contributed by atoms with Crippen LogP contribution in [-0.2, 0) is 14.8 Å². The predicted molar refractivity (Wildman–Crippen MR) is 92.4 cm³/mol. The van der Waals surface area contributed by atoms with Crippen LogP contribution >= 0.6 is 0 Å². The fourth-order valence-electron chi connectivity index (χ4n) is 2.75. The highest BCUT2D eigenvalue weighted by Gasteiger charge is 2.40. The van der Waals surface area contributed by atoms with Crippen molar-refractivity contribution in [3.8, 4) is 5.75 Å². The molecule has 24 heavy (non-hydrogen) atoms. The van der Waals surface area contributed by atoms with Crippen molar-refractivity contribution in [2.45, 2.75) is 57.0 Å². The third-order valence-corrected chi connectivity index (χ3v) is 5.67. The zero-order chi connectivity index (χ0) is 18.0. The van der Waals surface area contributed by atoms with Crippen molar-refractivity contribution in [2.24, 2.45) is 0 Å². The van der Waals surface area contributed by atoms with Gasteiger partial charge in [0.15, 0.2) is 0 Å². The second-order valence-corrected chi connectivity index (χ2v) is 8.81. The summed E-state index contributed by atoms with van der Waals surface area (Å²) in [5.74, 6) is 0.384. The number of sulfonamides is 1. The summed E-state index contributed by atoms with van der Waals surface area (Å²) in [4.78, 5) is 12.6. The fraction of sp³-hybridized carbons (Fsp3) is 0.588. The molecule has 1 N–H and O–H groups in total. The van der Waals surface area contributed by atoms with Crippen LogP contribution in [0.4, 0.5) is 0 Å². The number of rotatable bonds is 5. The molecule has 1 aromatic carbocycles. The largest absolute Gasteiger partial charge is 0.494 e. The van der Waals surface area contributed by atoms with Crippen molar-refractivity contribution < 1.29 is 17.9 Å². The molecular formula is C17H26N2O4S. The highest BCUT2D eigenvalue weighted by atomic mass is 32.2. The van der Waals surface area contributed by atoms with E-state index in [-0.39, 0.29) is 10.8 Å². The topological polar surface area (TPSA) is 75.7 Å². The number of carbonyl (C=O) groups is 1. The van der Waals surface area contributed by atoms with E-state index in [9.17, 15) is 13.2 Å². The van der Waals surface area contributed by atoms with Gasteiger partial charge in [-0.25, -0.2) is 8.42 Å². The molecule has 1 amide bonds. The molecule has 0 saturated carbocycles. The molecule has 1 atom stereocenters. The molecule has 6 nitrogen and oxygen atoms in total. The molecule has 0 aromatic heterocycles. The lowest BCUT2D eigenvalue weighted by molar-refractivity contribution is -0.125. The SMILES string of the molecule is CCOc1ccc(S(=O)(=O)N2CCCC2C(=O)NC(C)(C)C)cc1. The van der Waals surface area contributed by atoms with Gasteiger partial charge < -0.3 is 10.1 Å². The lowest BCUT2D eigenvalue weighted by Crippen LogP contribution is -2.51. The zero-order valence-electron chi connectivity index (χ0n) is 14.7. The van der Waals surface area contributed by atoms with Crippen molar-refractivity contribution in [3.63, 3.8) is 0 Å². The Hall–Kier alpha value is -1.60. The van der Waals surface area contributed by atoms with Gasteiger partial charge in [-0.05, 0) is 64.8 Å². The van der Waals surface area contributed by atoms with E-state index in [2.05, 4.69) is 5.32 Å². The van der Waals surface area contributed by atoms with E-state index >= 15 is 0 Å². The van der Waals surface area contributed by atoms with Gasteiger partial charge in [0.25, 0.3) is 0 Å². The highest BCUT2D eigenvalue weighted by Crippen LogP contribution is 2.27. The van der Waals surface area contributed by atoms with Crippen LogP contribution in [-0.4, -0.2) is 43.4 Å². The Morgan fingerprint density at radius 2 is 1.92 bits per heavy atom. The van der Waals surface area contributed by atoms with Crippen LogP contribution in [0.3, 0.4) is 0 Å². The van der Waals surface area contributed by atoms with Gasteiger partial charge >= 0.3 is 0 Å². The number of hydrogen-bond donors (Lipinski definition) is 1. The van der Waals surface area contributed by atoms with Crippen LogP contribution in [0.1, 0.15) is 40.5 Å². The Morgan fingerprint density at radius 1 is 1.29 bits per heavy atom. The Bertz CT molecular complexity index is 678. The highest BCUT2D eigenvalue weighted by molar-refractivity contribution is 7.89. The molecule has 1 heterocycles. The first-order valence-electron chi connectivity index (χ1n) is 8.22. The minimum atomic E-state index is -3.70. The molecule has 0 aliphatic carbocycles. The molecule has 1 fully saturated rings. The number of ether oxygens (including phenoxy) is 1. The Morgan fingerprint density at radius 3 is 2.46 bits per heavy atom. The second-order valence-electron chi connectivity index (χ2n) is 6.92. The van der Waals surface area contributed by atoms with Gasteiger partial charge in [0.1, 0.15) is 11.8 Å². The molecule has 0 radical (unpaired) electrons. The normalized spacial score (nSPS) is 19.2. The number of nitrogens with one attached hydrogen (secondary N) is 1. The third kappa shape index (κ3) is 4.27. The van der Waals surface area contributed by atoms with Crippen LogP contribution < -0.4 is 10.1 Å². The Kier molecular flexibility index (Phi) is 5.55. The van der Waals surface area contributed by atoms with Gasteiger partial charge in [0.05, 0.1) is 11.5 Å². The van der Waals surface area contributed by atoms with Crippen molar-refractivity contribution >= 4 is 15.9 Å². The Balaban J connectivity index is 2.22. The van der Waals surface area contributed by atoms with Gasteiger partial charge in [-0.15, -0.1) is 0 Å². The van der Waals surface area contributed by atoms with Crippen LogP contribution in [0, 0.1) is 0 Å². The first-order valence-corrected chi connectivity index (χ1v) is 9.66. The molecule has 2 rings (SSSR count). The fourth-order valence-corrected chi connectivity index (χ4v) is 4.41. The third-order valence-electron chi connectivity index (χ3n) is 3.75. The molecule has 1 aliphatic rings. The zero-order valence-corrected chi connectivity index (χ0v) is 15.5. The lowest BCUT2D eigenvalue weighted by Gasteiger charge is -2.27. The maximum atomic E-state index is 12.9. The molecule has 0 bridgehead atoms. The summed E-state index contributed by atoms with van der Waals surface area (Å²) in [6.45, 7) is 8.39. The molecule has 1 unspecified atom stereocenters.